The van der Waals surface area contributed by atoms with Crippen LogP contribution in [-0.2, 0) is 11.2 Å². The van der Waals surface area contributed by atoms with E-state index in [1.54, 1.807) is 11.3 Å². The monoisotopic (exact) mass is 351 g/mol. The quantitative estimate of drug-likeness (QED) is 0.759. The Morgan fingerprint density at radius 3 is 2.72 bits per heavy atom. The Hall–Kier alpha value is -2.79. The molecule has 126 valence electrons. The van der Waals surface area contributed by atoms with Crippen LogP contribution in [0.25, 0.3) is 11.1 Å². The topological polar surface area (TPSA) is 47.6 Å². The van der Waals surface area contributed by atoms with Crippen LogP contribution in [0.1, 0.15) is 5.56 Å². The van der Waals surface area contributed by atoms with Crippen LogP contribution in [0.4, 0.5) is 5.69 Å². The van der Waals surface area contributed by atoms with E-state index in [2.05, 4.69) is 16.8 Å². The van der Waals surface area contributed by atoms with Gasteiger partial charge in [0.05, 0.1) is 6.42 Å². The number of fused-ring (bicyclic) bond motifs is 1. The number of anilines is 1. The van der Waals surface area contributed by atoms with Crippen molar-refractivity contribution in [2.75, 3.05) is 18.5 Å². The average Bonchev–Trinajstić information content (AvgIpc) is 3.16. The highest BCUT2D eigenvalue weighted by Crippen LogP contribution is 2.31. The number of benzene rings is 2. The minimum atomic E-state index is -0.0563. The third-order valence-corrected chi connectivity index (χ3v) is 4.66. The second kappa shape index (κ2) is 6.99. The summed E-state index contributed by atoms with van der Waals surface area (Å²) in [5.74, 6) is 1.38. The Bertz CT molecular complexity index is 890. The summed E-state index contributed by atoms with van der Waals surface area (Å²) in [7, 11) is 0. The second-order valence-corrected chi connectivity index (χ2v) is 6.58. The van der Waals surface area contributed by atoms with Gasteiger partial charge in [0, 0.05) is 5.69 Å². The first-order chi connectivity index (χ1) is 12.3. The number of carbonyl (C=O) groups excluding carboxylic acids is 1. The summed E-state index contributed by atoms with van der Waals surface area (Å²) in [5, 5.41) is 7.10. The molecule has 1 aliphatic heterocycles. The molecule has 25 heavy (non-hydrogen) atoms. The van der Waals surface area contributed by atoms with Crippen LogP contribution >= 0.6 is 11.3 Å². The largest absolute Gasteiger partial charge is 0.486 e. The average molecular weight is 351 g/mol. The Morgan fingerprint density at radius 2 is 1.88 bits per heavy atom. The number of hydrogen-bond acceptors (Lipinski definition) is 4. The van der Waals surface area contributed by atoms with Gasteiger partial charge < -0.3 is 14.8 Å². The number of nitrogens with one attached hydrogen (secondary N) is 1. The molecular formula is C20H17NO3S. The molecule has 2 heterocycles. The Balaban J connectivity index is 1.45. The SMILES string of the molecule is O=C(Cc1ccc2c(c1)OCCO2)Nc1cccc(-c2ccsc2)c1. The van der Waals surface area contributed by atoms with Gasteiger partial charge in [-0.05, 0) is 57.8 Å². The van der Waals surface area contributed by atoms with Gasteiger partial charge in [0.1, 0.15) is 13.2 Å². The molecule has 1 aliphatic rings. The molecular weight excluding hydrogens is 334 g/mol. The van der Waals surface area contributed by atoms with Crippen molar-refractivity contribution in [3.63, 3.8) is 0 Å². The first-order valence-electron chi connectivity index (χ1n) is 8.09. The first kappa shape index (κ1) is 15.7. The number of thiophene rings is 1. The maximum Gasteiger partial charge on any atom is 0.228 e. The minimum absolute atomic E-state index is 0.0563. The zero-order chi connectivity index (χ0) is 17.1. The molecule has 0 unspecified atom stereocenters. The minimum Gasteiger partial charge on any atom is -0.486 e. The van der Waals surface area contributed by atoms with Gasteiger partial charge in [-0.3, -0.25) is 4.79 Å². The molecule has 0 saturated carbocycles. The van der Waals surface area contributed by atoms with Crippen LogP contribution in [0.5, 0.6) is 11.5 Å². The molecule has 5 heteroatoms. The van der Waals surface area contributed by atoms with Gasteiger partial charge in [-0.1, -0.05) is 18.2 Å². The molecule has 1 aromatic heterocycles. The Labute approximate surface area is 150 Å². The highest BCUT2D eigenvalue weighted by Gasteiger charge is 2.13. The van der Waals surface area contributed by atoms with E-state index in [9.17, 15) is 4.79 Å². The summed E-state index contributed by atoms with van der Waals surface area (Å²) in [5.41, 5.74) is 3.95. The maximum absolute atomic E-state index is 12.4. The summed E-state index contributed by atoms with van der Waals surface area (Å²) in [4.78, 5) is 12.4. The van der Waals surface area contributed by atoms with E-state index in [1.165, 1.54) is 0 Å². The maximum atomic E-state index is 12.4. The van der Waals surface area contributed by atoms with E-state index < -0.39 is 0 Å². The van der Waals surface area contributed by atoms with E-state index >= 15 is 0 Å². The van der Waals surface area contributed by atoms with Crippen molar-refractivity contribution in [2.24, 2.45) is 0 Å². The van der Waals surface area contributed by atoms with Crippen molar-refractivity contribution < 1.29 is 14.3 Å². The van der Waals surface area contributed by atoms with Crippen LogP contribution < -0.4 is 14.8 Å². The predicted molar refractivity (Wildman–Crippen MR) is 99.5 cm³/mol. The van der Waals surface area contributed by atoms with Crippen molar-refractivity contribution in [3.8, 4) is 22.6 Å². The predicted octanol–water partition coefficient (Wildman–Crippen LogP) is 4.37. The molecule has 0 fully saturated rings. The molecule has 0 saturated heterocycles. The van der Waals surface area contributed by atoms with Crippen LogP contribution in [0.3, 0.4) is 0 Å². The lowest BCUT2D eigenvalue weighted by molar-refractivity contribution is -0.115. The highest BCUT2D eigenvalue weighted by molar-refractivity contribution is 7.08. The Morgan fingerprint density at radius 1 is 1.00 bits per heavy atom. The lowest BCUT2D eigenvalue weighted by atomic mass is 10.1. The summed E-state index contributed by atoms with van der Waals surface area (Å²) in [6.07, 6.45) is 0.291. The normalized spacial score (nSPS) is 12.6. The van der Waals surface area contributed by atoms with Crippen molar-refractivity contribution in [1.82, 2.24) is 0 Å². The number of hydrogen-bond donors (Lipinski definition) is 1. The van der Waals surface area contributed by atoms with Gasteiger partial charge in [-0.2, -0.15) is 11.3 Å². The third kappa shape index (κ3) is 3.67. The lowest BCUT2D eigenvalue weighted by Crippen LogP contribution is -2.17. The van der Waals surface area contributed by atoms with Crippen molar-refractivity contribution in [2.45, 2.75) is 6.42 Å². The van der Waals surface area contributed by atoms with Crippen LogP contribution in [0.15, 0.2) is 59.3 Å². The van der Waals surface area contributed by atoms with E-state index in [1.807, 2.05) is 47.8 Å². The molecule has 0 bridgehead atoms. The molecule has 0 aliphatic carbocycles. The summed E-state index contributed by atoms with van der Waals surface area (Å²) < 4.78 is 11.1. The fraction of sp³-hybridized carbons (Fsp3) is 0.150. The number of rotatable bonds is 4. The molecule has 4 rings (SSSR count). The summed E-state index contributed by atoms with van der Waals surface area (Å²) >= 11 is 1.66. The van der Waals surface area contributed by atoms with Crippen molar-refractivity contribution >= 4 is 22.9 Å². The summed E-state index contributed by atoms with van der Waals surface area (Å²) in [6.45, 7) is 1.10. The van der Waals surface area contributed by atoms with Gasteiger partial charge in [0.25, 0.3) is 0 Å². The lowest BCUT2D eigenvalue weighted by Gasteiger charge is -2.18. The molecule has 2 aromatic carbocycles. The standard InChI is InChI=1S/C20H17NO3S/c22-20(11-14-4-5-18-19(10-14)24-8-7-23-18)21-17-3-1-2-15(12-17)16-6-9-25-13-16/h1-6,9-10,12-13H,7-8,11H2,(H,21,22). The zero-order valence-corrected chi connectivity index (χ0v) is 14.3. The van der Waals surface area contributed by atoms with E-state index in [4.69, 9.17) is 9.47 Å². The van der Waals surface area contributed by atoms with Crippen molar-refractivity contribution in [1.29, 1.82) is 0 Å². The van der Waals surface area contributed by atoms with Crippen molar-refractivity contribution in [3.05, 3.63) is 64.9 Å². The Kier molecular flexibility index (Phi) is 4.39. The van der Waals surface area contributed by atoms with E-state index in [0.717, 1.165) is 28.1 Å². The van der Waals surface area contributed by atoms with Gasteiger partial charge in [0.15, 0.2) is 11.5 Å². The van der Waals surface area contributed by atoms with Crippen LogP contribution in [0, 0.1) is 0 Å². The van der Waals surface area contributed by atoms with E-state index in [0.29, 0.717) is 25.4 Å². The number of carbonyl (C=O) groups is 1. The first-order valence-corrected chi connectivity index (χ1v) is 9.03. The van der Waals surface area contributed by atoms with Crippen LogP contribution in [-0.4, -0.2) is 19.1 Å². The molecule has 0 spiro atoms. The van der Waals surface area contributed by atoms with Gasteiger partial charge in [-0.25, -0.2) is 0 Å². The fourth-order valence-electron chi connectivity index (χ4n) is 2.79. The fourth-order valence-corrected chi connectivity index (χ4v) is 3.46. The molecule has 1 N–H and O–H groups in total. The number of ether oxygens (including phenoxy) is 2. The molecule has 4 nitrogen and oxygen atoms in total. The van der Waals surface area contributed by atoms with Crippen LogP contribution in [0.2, 0.25) is 0 Å². The zero-order valence-electron chi connectivity index (χ0n) is 13.5. The molecule has 3 aromatic rings. The highest BCUT2D eigenvalue weighted by atomic mass is 32.1. The third-order valence-electron chi connectivity index (χ3n) is 3.97. The van der Waals surface area contributed by atoms with Gasteiger partial charge >= 0.3 is 0 Å². The molecule has 1 amide bonds. The molecule has 0 atom stereocenters. The smallest absolute Gasteiger partial charge is 0.228 e. The number of amides is 1. The van der Waals surface area contributed by atoms with E-state index in [-0.39, 0.29) is 5.91 Å². The molecule has 0 radical (unpaired) electrons. The van der Waals surface area contributed by atoms with Gasteiger partial charge in [0.2, 0.25) is 5.91 Å². The van der Waals surface area contributed by atoms with Gasteiger partial charge in [-0.15, -0.1) is 0 Å². The second-order valence-electron chi connectivity index (χ2n) is 5.80. The summed E-state index contributed by atoms with van der Waals surface area (Å²) in [6, 6.07) is 15.6.